The summed E-state index contributed by atoms with van der Waals surface area (Å²) >= 11 is 0. The first-order valence-electron chi connectivity index (χ1n) is 12.1. The van der Waals surface area contributed by atoms with Crippen LogP contribution in [0.1, 0.15) is 64.5 Å². The molecular weight excluding hydrogens is 444 g/mol. The van der Waals surface area contributed by atoms with E-state index in [9.17, 15) is 14.4 Å². The number of nitrogens with zero attached hydrogens (tertiary/aromatic N) is 1. The first-order chi connectivity index (χ1) is 16.5. The van der Waals surface area contributed by atoms with Crippen LogP contribution in [0.2, 0.25) is 0 Å². The van der Waals surface area contributed by atoms with Crippen molar-refractivity contribution < 1.29 is 24.2 Å². The fraction of sp³-hybridized carbons (Fsp3) is 0.464. The molecule has 2 aromatic rings. The average molecular weight is 481 g/mol. The number of fused-ring (bicyclic) bond motifs is 3. The van der Waals surface area contributed by atoms with E-state index >= 15 is 0 Å². The van der Waals surface area contributed by atoms with E-state index in [2.05, 4.69) is 29.6 Å². The minimum Gasteiger partial charge on any atom is -0.481 e. The summed E-state index contributed by atoms with van der Waals surface area (Å²) in [5.74, 6) is -1.19. The topological polar surface area (TPSA) is 95.9 Å². The van der Waals surface area contributed by atoms with Gasteiger partial charge in [-0.25, -0.2) is 4.79 Å². The van der Waals surface area contributed by atoms with Gasteiger partial charge >= 0.3 is 12.1 Å². The maximum atomic E-state index is 13.0. The van der Waals surface area contributed by atoms with Crippen LogP contribution < -0.4 is 5.32 Å². The maximum absolute atomic E-state index is 13.0. The molecule has 1 atom stereocenters. The van der Waals surface area contributed by atoms with Crippen LogP contribution >= 0.6 is 0 Å². The van der Waals surface area contributed by atoms with Gasteiger partial charge in [-0.3, -0.25) is 9.59 Å². The van der Waals surface area contributed by atoms with Crippen molar-refractivity contribution in [3.05, 3.63) is 59.7 Å². The van der Waals surface area contributed by atoms with Gasteiger partial charge in [0.25, 0.3) is 0 Å². The Balaban J connectivity index is 1.66. The van der Waals surface area contributed by atoms with Gasteiger partial charge in [0.05, 0.1) is 6.42 Å². The summed E-state index contributed by atoms with van der Waals surface area (Å²) in [6.07, 6.45) is -0.628. The van der Waals surface area contributed by atoms with Gasteiger partial charge in [-0.1, -0.05) is 69.3 Å². The third kappa shape index (κ3) is 6.41. The fourth-order valence-electron chi connectivity index (χ4n) is 4.53. The van der Waals surface area contributed by atoms with Crippen LogP contribution in [0, 0.1) is 5.41 Å². The van der Waals surface area contributed by atoms with Gasteiger partial charge in [0.1, 0.15) is 6.61 Å². The maximum Gasteiger partial charge on any atom is 0.407 e. The van der Waals surface area contributed by atoms with E-state index in [4.69, 9.17) is 9.84 Å². The Morgan fingerprint density at radius 3 is 2.03 bits per heavy atom. The predicted molar refractivity (Wildman–Crippen MR) is 135 cm³/mol. The monoisotopic (exact) mass is 480 g/mol. The molecule has 0 heterocycles. The SMILES string of the molecule is CC(C)N(CCC(=O)O)C(=O)CC(NC(=O)OCC1c2ccccc2-c2ccccc21)C(C)(C)C. The largest absolute Gasteiger partial charge is 0.481 e. The van der Waals surface area contributed by atoms with Gasteiger partial charge in [0.2, 0.25) is 5.91 Å². The summed E-state index contributed by atoms with van der Waals surface area (Å²) in [6.45, 7) is 9.88. The fourth-order valence-corrected chi connectivity index (χ4v) is 4.53. The Hall–Kier alpha value is -3.35. The third-order valence-corrected chi connectivity index (χ3v) is 6.57. The van der Waals surface area contributed by atoms with Crippen LogP contribution in [0.5, 0.6) is 0 Å². The second-order valence-electron chi connectivity index (χ2n) is 10.4. The van der Waals surface area contributed by atoms with Crippen LogP contribution in [-0.4, -0.2) is 53.2 Å². The zero-order chi connectivity index (χ0) is 25.8. The van der Waals surface area contributed by atoms with Crippen molar-refractivity contribution in [2.45, 2.75) is 65.5 Å². The molecule has 0 aliphatic heterocycles. The van der Waals surface area contributed by atoms with Gasteiger partial charge in [-0.15, -0.1) is 0 Å². The van der Waals surface area contributed by atoms with Gasteiger partial charge in [0, 0.05) is 31.0 Å². The molecule has 188 valence electrons. The number of amides is 2. The molecule has 0 fully saturated rings. The summed E-state index contributed by atoms with van der Waals surface area (Å²) in [6, 6.07) is 15.7. The van der Waals surface area contributed by atoms with E-state index in [1.165, 1.54) is 0 Å². The highest BCUT2D eigenvalue weighted by molar-refractivity contribution is 5.80. The Morgan fingerprint density at radius 2 is 1.54 bits per heavy atom. The molecule has 0 saturated heterocycles. The van der Waals surface area contributed by atoms with E-state index in [1.807, 2.05) is 58.9 Å². The Kier molecular flexibility index (Phi) is 8.20. The van der Waals surface area contributed by atoms with Gasteiger partial charge in [0.15, 0.2) is 0 Å². The summed E-state index contributed by atoms with van der Waals surface area (Å²) in [4.78, 5) is 38.4. The molecule has 7 nitrogen and oxygen atoms in total. The number of ether oxygens (including phenoxy) is 1. The first kappa shape index (κ1) is 26.3. The number of nitrogens with one attached hydrogen (secondary N) is 1. The van der Waals surface area contributed by atoms with Gasteiger partial charge in [-0.2, -0.15) is 0 Å². The smallest absolute Gasteiger partial charge is 0.407 e. The van der Waals surface area contributed by atoms with E-state index in [0.717, 1.165) is 22.3 Å². The van der Waals surface area contributed by atoms with Crippen molar-refractivity contribution in [3.63, 3.8) is 0 Å². The summed E-state index contributed by atoms with van der Waals surface area (Å²) in [5.41, 5.74) is 4.18. The van der Waals surface area contributed by atoms with E-state index in [0.29, 0.717) is 0 Å². The third-order valence-electron chi connectivity index (χ3n) is 6.57. The Bertz CT molecular complexity index is 1030. The lowest BCUT2D eigenvalue weighted by Crippen LogP contribution is -2.49. The molecule has 3 rings (SSSR count). The average Bonchev–Trinajstić information content (AvgIpc) is 3.10. The normalized spacial score (nSPS) is 13.7. The van der Waals surface area contributed by atoms with Gasteiger partial charge in [-0.05, 0) is 41.5 Å². The second kappa shape index (κ2) is 10.9. The molecular formula is C28H36N2O5. The summed E-state index contributed by atoms with van der Waals surface area (Å²) in [5, 5.41) is 11.9. The Morgan fingerprint density at radius 1 is 1.00 bits per heavy atom. The molecule has 2 aromatic carbocycles. The molecule has 0 radical (unpaired) electrons. The van der Waals surface area contributed by atoms with Crippen LogP contribution in [0.4, 0.5) is 4.79 Å². The quantitative estimate of drug-likeness (QED) is 0.524. The molecule has 0 spiro atoms. The van der Waals surface area contributed by atoms with Crippen molar-refractivity contribution in [1.29, 1.82) is 0 Å². The Labute approximate surface area is 207 Å². The number of alkyl carbamates (subject to hydrolysis) is 1. The highest BCUT2D eigenvalue weighted by Gasteiger charge is 2.33. The van der Waals surface area contributed by atoms with Gasteiger partial charge < -0.3 is 20.1 Å². The van der Waals surface area contributed by atoms with Crippen LogP contribution in [0.15, 0.2) is 48.5 Å². The molecule has 35 heavy (non-hydrogen) atoms. The molecule has 7 heteroatoms. The first-order valence-corrected chi connectivity index (χ1v) is 12.1. The molecule has 2 amide bonds. The van der Waals surface area contributed by atoms with Crippen molar-refractivity contribution in [1.82, 2.24) is 10.2 Å². The molecule has 0 bridgehead atoms. The van der Waals surface area contributed by atoms with Crippen molar-refractivity contribution in [2.75, 3.05) is 13.2 Å². The number of carboxylic acids is 1. The number of carbonyl (C=O) groups excluding carboxylic acids is 2. The van der Waals surface area contributed by atoms with E-state index < -0.39 is 23.5 Å². The minimum absolute atomic E-state index is 0.0460. The molecule has 1 unspecified atom stereocenters. The lowest BCUT2D eigenvalue weighted by molar-refractivity contribution is -0.139. The minimum atomic E-state index is -0.951. The van der Waals surface area contributed by atoms with E-state index in [1.54, 1.807) is 4.90 Å². The van der Waals surface area contributed by atoms with Crippen molar-refractivity contribution in [2.24, 2.45) is 5.41 Å². The zero-order valence-electron chi connectivity index (χ0n) is 21.2. The van der Waals surface area contributed by atoms with Crippen molar-refractivity contribution >= 4 is 18.0 Å². The lowest BCUT2D eigenvalue weighted by atomic mass is 9.84. The van der Waals surface area contributed by atoms with Crippen molar-refractivity contribution in [3.8, 4) is 11.1 Å². The predicted octanol–water partition coefficient (Wildman–Crippen LogP) is 5.04. The van der Waals surface area contributed by atoms with Crippen LogP contribution in [0.25, 0.3) is 11.1 Å². The number of carbonyl (C=O) groups is 3. The lowest BCUT2D eigenvalue weighted by Gasteiger charge is -2.34. The second-order valence-corrected chi connectivity index (χ2v) is 10.4. The molecule has 1 aliphatic carbocycles. The molecule has 2 N–H and O–H groups in total. The number of aliphatic carboxylic acids is 1. The highest BCUT2D eigenvalue weighted by atomic mass is 16.5. The summed E-state index contributed by atoms with van der Waals surface area (Å²) in [7, 11) is 0. The van der Waals surface area contributed by atoms with E-state index in [-0.39, 0.29) is 43.9 Å². The zero-order valence-corrected chi connectivity index (χ0v) is 21.2. The molecule has 1 aliphatic rings. The molecule has 0 aromatic heterocycles. The number of hydrogen-bond donors (Lipinski definition) is 2. The number of carboxylic acid groups (broad SMARTS) is 1. The van der Waals surface area contributed by atoms with Crippen LogP contribution in [-0.2, 0) is 14.3 Å². The molecule has 0 saturated carbocycles. The number of benzene rings is 2. The number of rotatable bonds is 9. The standard InChI is InChI=1S/C28H36N2O5/c1-18(2)30(15-14-26(32)33)25(31)16-24(28(3,4)5)29-27(34)35-17-23-21-12-8-6-10-19(21)20-11-7-9-13-22(20)23/h6-13,18,23-24H,14-17H2,1-5H3,(H,29,34)(H,32,33). The summed E-state index contributed by atoms with van der Waals surface area (Å²) < 4.78 is 5.68. The number of hydrogen-bond acceptors (Lipinski definition) is 4. The highest BCUT2D eigenvalue weighted by Crippen LogP contribution is 2.44. The van der Waals surface area contributed by atoms with Crippen LogP contribution in [0.3, 0.4) is 0 Å².